The Hall–Kier alpha value is -1.51. The summed E-state index contributed by atoms with van der Waals surface area (Å²) in [6, 6.07) is 9.77. The SMILES string of the molecule is CN(CC(C)(C)C(=O)O)c1ccccc1. The molecule has 0 saturated carbocycles. The number of aliphatic carboxylic acids is 1. The fourth-order valence-electron chi connectivity index (χ4n) is 1.43. The molecule has 1 rings (SSSR count). The van der Waals surface area contributed by atoms with E-state index in [1.165, 1.54) is 0 Å². The monoisotopic (exact) mass is 207 g/mol. The molecule has 0 saturated heterocycles. The molecule has 0 aromatic heterocycles. The molecule has 0 aliphatic carbocycles. The van der Waals surface area contributed by atoms with Gasteiger partial charge in [-0.15, -0.1) is 0 Å². The molecule has 82 valence electrons. The highest BCUT2D eigenvalue weighted by Crippen LogP contribution is 2.20. The largest absolute Gasteiger partial charge is 0.481 e. The van der Waals surface area contributed by atoms with Gasteiger partial charge in [-0.25, -0.2) is 0 Å². The summed E-state index contributed by atoms with van der Waals surface area (Å²) >= 11 is 0. The molecule has 0 aliphatic heterocycles. The number of rotatable bonds is 4. The molecule has 3 nitrogen and oxygen atoms in total. The first kappa shape index (κ1) is 11.6. The van der Waals surface area contributed by atoms with Crippen LogP contribution < -0.4 is 4.90 Å². The van der Waals surface area contributed by atoms with Crippen LogP contribution in [0.25, 0.3) is 0 Å². The molecule has 0 unspecified atom stereocenters. The lowest BCUT2D eigenvalue weighted by Crippen LogP contribution is -2.37. The summed E-state index contributed by atoms with van der Waals surface area (Å²) in [4.78, 5) is 12.9. The third-order valence-corrected chi connectivity index (χ3v) is 2.41. The number of carbonyl (C=O) groups is 1. The van der Waals surface area contributed by atoms with Gasteiger partial charge in [0.25, 0.3) is 0 Å². The van der Waals surface area contributed by atoms with Gasteiger partial charge in [-0.2, -0.15) is 0 Å². The molecule has 0 bridgehead atoms. The van der Waals surface area contributed by atoms with Gasteiger partial charge in [0, 0.05) is 19.3 Å². The van der Waals surface area contributed by atoms with Crippen molar-refractivity contribution in [1.29, 1.82) is 0 Å². The van der Waals surface area contributed by atoms with Gasteiger partial charge in [-0.3, -0.25) is 4.79 Å². The quantitative estimate of drug-likeness (QED) is 0.823. The van der Waals surface area contributed by atoms with Crippen LogP contribution in [-0.4, -0.2) is 24.7 Å². The van der Waals surface area contributed by atoms with Crippen molar-refractivity contribution in [2.45, 2.75) is 13.8 Å². The van der Waals surface area contributed by atoms with Crippen LogP contribution in [0.1, 0.15) is 13.8 Å². The van der Waals surface area contributed by atoms with Crippen molar-refractivity contribution in [3.05, 3.63) is 30.3 Å². The molecule has 1 aromatic rings. The highest BCUT2D eigenvalue weighted by atomic mass is 16.4. The summed E-state index contributed by atoms with van der Waals surface area (Å²) in [5, 5.41) is 9.01. The molecule has 1 aromatic carbocycles. The first-order chi connectivity index (χ1) is 6.93. The van der Waals surface area contributed by atoms with E-state index >= 15 is 0 Å². The molecule has 0 amide bonds. The minimum Gasteiger partial charge on any atom is -0.481 e. The number of hydrogen-bond acceptors (Lipinski definition) is 2. The van der Waals surface area contributed by atoms with Crippen LogP contribution in [0, 0.1) is 5.41 Å². The Morgan fingerprint density at radius 2 is 1.87 bits per heavy atom. The van der Waals surface area contributed by atoms with Crippen molar-refractivity contribution in [3.63, 3.8) is 0 Å². The molecule has 0 spiro atoms. The lowest BCUT2D eigenvalue weighted by molar-refractivity contribution is -0.146. The zero-order chi connectivity index (χ0) is 11.5. The van der Waals surface area contributed by atoms with Crippen molar-refractivity contribution in [2.24, 2.45) is 5.41 Å². The topological polar surface area (TPSA) is 40.5 Å². The first-order valence-electron chi connectivity index (χ1n) is 4.93. The van der Waals surface area contributed by atoms with Gasteiger partial charge in [0.05, 0.1) is 5.41 Å². The summed E-state index contributed by atoms with van der Waals surface area (Å²) in [5.74, 6) is -0.773. The molecule has 15 heavy (non-hydrogen) atoms. The van der Waals surface area contributed by atoms with Crippen LogP contribution in [0.5, 0.6) is 0 Å². The average molecular weight is 207 g/mol. The van der Waals surface area contributed by atoms with Gasteiger partial charge in [0.15, 0.2) is 0 Å². The van der Waals surface area contributed by atoms with Gasteiger partial charge in [-0.05, 0) is 26.0 Å². The van der Waals surface area contributed by atoms with Crippen LogP contribution in [0.15, 0.2) is 30.3 Å². The van der Waals surface area contributed by atoms with Crippen LogP contribution in [-0.2, 0) is 4.79 Å². The lowest BCUT2D eigenvalue weighted by Gasteiger charge is -2.28. The predicted molar refractivity (Wildman–Crippen MR) is 61.1 cm³/mol. The average Bonchev–Trinajstić information content (AvgIpc) is 2.18. The number of carboxylic acid groups (broad SMARTS) is 1. The van der Waals surface area contributed by atoms with E-state index in [0.29, 0.717) is 6.54 Å². The number of anilines is 1. The Morgan fingerprint density at radius 3 is 2.33 bits per heavy atom. The smallest absolute Gasteiger partial charge is 0.310 e. The van der Waals surface area contributed by atoms with E-state index in [1.807, 2.05) is 42.3 Å². The van der Waals surface area contributed by atoms with Crippen molar-refractivity contribution >= 4 is 11.7 Å². The second-order valence-electron chi connectivity index (χ2n) is 4.38. The van der Waals surface area contributed by atoms with Gasteiger partial charge in [-0.1, -0.05) is 18.2 Å². The Kier molecular flexibility index (Phi) is 3.35. The van der Waals surface area contributed by atoms with Gasteiger partial charge >= 0.3 is 5.97 Å². The van der Waals surface area contributed by atoms with Crippen LogP contribution >= 0.6 is 0 Å². The highest BCUT2D eigenvalue weighted by Gasteiger charge is 2.28. The van der Waals surface area contributed by atoms with Gasteiger partial charge < -0.3 is 10.0 Å². The Morgan fingerprint density at radius 1 is 1.33 bits per heavy atom. The van der Waals surface area contributed by atoms with E-state index in [9.17, 15) is 4.79 Å². The highest BCUT2D eigenvalue weighted by molar-refractivity contribution is 5.74. The third-order valence-electron chi connectivity index (χ3n) is 2.41. The summed E-state index contributed by atoms with van der Waals surface area (Å²) in [6.45, 7) is 3.95. The van der Waals surface area contributed by atoms with Crippen LogP contribution in [0.3, 0.4) is 0 Å². The van der Waals surface area contributed by atoms with E-state index in [0.717, 1.165) is 5.69 Å². The second kappa shape index (κ2) is 4.34. The van der Waals surface area contributed by atoms with Crippen molar-refractivity contribution in [1.82, 2.24) is 0 Å². The third kappa shape index (κ3) is 2.98. The molecule has 0 aliphatic rings. The first-order valence-corrected chi connectivity index (χ1v) is 4.93. The number of benzene rings is 1. The number of hydrogen-bond donors (Lipinski definition) is 1. The fourth-order valence-corrected chi connectivity index (χ4v) is 1.43. The maximum atomic E-state index is 11.0. The number of para-hydroxylation sites is 1. The number of carboxylic acids is 1. The summed E-state index contributed by atoms with van der Waals surface area (Å²) < 4.78 is 0. The molecular weight excluding hydrogens is 190 g/mol. The molecule has 0 fully saturated rings. The minimum atomic E-state index is -0.773. The van der Waals surface area contributed by atoms with Crippen LogP contribution in [0.2, 0.25) is 0 Å². The zero-order valence-corrected chi connectivity index (χ0v) is 9.40. The fraction of sp³-hybridized carbons (Fsp3) is 0.417. The van der Waals surface area contributed by atoms with Crippen molar-refractivity contribution < 1.29 is 9.90 Å². The molecule has 0 radical (unpaired) electrons. The molecule has 1 N–H and O–H groups in total. The zero-order valence-electron chi connectivity index (χ0n) is 9.40. The van der Waals surface area contributed by atoms with E-state index in [1.54, 1.807) is 13.8 Å². The molecule has 3 heteroatoms. The van der Waals surface area contributed by atoms with Crippen molar-refractivity contribution in [3.8, 4) is 0 Å². The maximum absolute atomic E-state index is 11.0. The molecule has 0 heterocycles. The standard InChI is InChI=1S/C12H17NO2/c1-12(2,11(14)15)9-13(3)10-7-5-4-6-8-10/h4-8H,9H2,1-3H3,(H,14,15). The molecular formula is C12H17NO2. The van der Waals surface area contributed by atoms with E-state index in [-0.39, 0.29) is 0 Å². The Labute approximate surface area is 90.3 Å². The van der Waals surface area contributed by atoms with Crippen molar-refractivity contribution in [2.75, 3.05) is 18.5 Å². The van der Waals surface area contributed by atoms with Gasteiger partial charge in [0.1, 0.15) is 0 Å². The summed E-state index contributed by atoms with van der Waals surface area (Å²) in [6.07, 6.45) is 0. The minimum absolute atomic E-state index is 0.492. The van der Waals surface area contributed by atoms with E-state index in [2.05, 4.69) is 0 Å². The lowest BCUT2D eigenvalue weighted by atomic mass is 9.93. The normalized spacial score (nSPS) is 11.1. The van der Waals surface area contributed by atoms with Gasteiger partial charge in [0.2, 0.25) is 0 Å². The predicted octanol–water partition coefficient (Wildman–Crippen LogP) is 2.23. The number of nitrogens with zero attached hydrogens (tertiary/aromatic N) is 1. The van der Waals surface area contributed by atoms with E-state index < -0.39 is 11.4 Å². The Balaban J connectivity index is 2.72. The Bertz CT molecular complexity index is 333. The maximum Gasteiger partial charge on any atom is 0.310 e. The second-order valence-corrected chi connectivity index (χ2v) is 4.38. The van der Waals surface area contributed by atoms with E-state index in [4.69, 9.17) is 5.11 Å². The summed E-state index contributed by atoms with van der Waals surface area (Å²) in [7, 11) is 1.90. The van der Waals surface area contributed by atoms with Crippen LogP contribution in [0.4, 0.5) is 5.69 Å². The summed E-state index contributed by atoms with van der Waals surface area (Å²) in [5.41, 5.74) is 0.303. The molecule has 0 atom stereocenters.